The highest BCUT2D eigenvalue weighted by atomic mass is 32.2. The highest BCUT2D eigenvalue weighted by molar-refractivity contribution is 7.89. The predicted octanol–water partition coefficient (Wildman–Crippen LogP) is 4.03. The highest BCUT2D eigenvalue weighted by Gasteiger charge is 2.65. The van der Waals surface area contributed by atoms with Crippen molar-refractivity contribution in [1.82, 2.24) is 9.62 Å². The van der Waals surface area contributed by atoms with E-state index in [1.54, 1.807) is 75.4 Å². The van der Waals surface area contributed by atoms with Crippen LogP contribution in [-0.4, -0.2) is 66.3 Å². The van der Waals surface area contributed by atoms with Crippen LogP contribution in [0.25, 0.3) is 0 Å². The number of fused-ring (bicyclic) bond motifs is 2. The molecular formula is C36H47N5O9S. The predicted molar refractivity (Wildman–Crippen MR) is 189 cm³/mol. The first-order chi connectivity index (χ1) is 23.7. The number of carbonyl (C=O) groups is 5. The lowest BCUT2D eigenvalue weighted by molar-refractivity contribution is -0.157. The Balaban J connectivity index is 1.36. The summed E-state index contributed by atoms with van der Waals surface area (Å²) in [5, 5.41) is 10.3. The van der Waals surface area contributed by atoms with Crippen molar-refractivity contribution in [3.05, 3.63) is 65.7 Å². The summed E-state index contributed by atoms with van der Waals surface area (Å²) >= 11 is 0. The minimum Gasteiger partial charge on any atom is -0.459 e. The van der Waals surface area contributed by atoms with E-state index in [1.165, 1.54) is 0 Å². The van der Waals surface area contributed by atoms with Crippen molar-refractivity contribution in [1.29, 1.82) is 5.41 Å². The summed E-state index contributed by atoms with van der Waals surface area (Å²) in [4.78, 5) is 64.4. The zero-order valence-corrected chi connectivity index (χ0v) is 30.4. The van der Waals surface area contributed by atoms with Crippen LogP contribution in [0, 0.1) is 22.2 Å². The number of anilines is 1. The summed E-state index contributed by atoms with van der Waals surface area (Å²) < 4.78 is 40.3. The first-order valence-corrected chi connectivity index (χ1v) is 18.4. The molecule has 2 saturated carbocycles. The van der Waals surface area contributed by atoms with Crippen LogP contribution in [0.2, 0.25) is 0 Å². The van der Waals surface area contributed by atoms with Gasteiger partial charge in [-0.2, -0.15) is 4.90 Å². The van der Waals surface area contributed by atoms with Gasteiger partial charge in [-0.1, -0.05) is 56.3 Å². The average Bonchev–Trinajstić information content (AvgIpc) is 3.37. The second-order valence-corrected chi connectivity index (χ2v) is 16.5. The van der Waals surface area contributed by atoms with Gasteiger partial charge >= 0.3 is 12.1 Å². The number of hydrogen-bond acceptors (Lipinski definition) is 10. The maximum absolute atomic E-state index is 13.6. The molecule has 0 saturated heterocycles. The van der Waals surface area contributed by atoms with Crippen LogP contribution in [0.15, 0.2) is 54.6 Å². The van der Waals surface area contributed by atoms with Crippen molar-refractivity contribution < 1.29 is 41.9 Å². The fourth-order valence-electron chi connectivity index (χ4n) is 6.87. The van der Waals surface area contributed by atoms with Crippen LogP contribution in [0.3, 0.4) is 0 Å². The summed E-state index contributed by atoms with van der Waals surface area (Å²) in [7, 11) is -4.11. The van der Waals surface area contributed by atoms with Gasteiger partial charge in [0.05, 0.1) is 5.75 Å². The summed E-state index contributed by atoms with van der Waals surface area (Å²) in [6.07, 6.45) is -0.347. The number of esters is 1. The van der Waals surface area contributed by atoms with E-state index in [1.807, 2.05) is 13.8 Å². The third-order valence-corrected chi connectivity index (χ3v) is 11.2. The number of hydrogen-bond donors (Lipinski definition) is 4. The molecule has 3 amide bonds. The number of Topliss-reactive ketones (excluding diaryl/α,β-unsaturated/α-hetero) is 1. The van der Waals surface area contributed by atoms with E-state index < -0.39 is 74.5 Å². The van der Waals surface area contributed by atoms with E-state index in [4.69, 9.17) is 20.6 Å². The number of nitrogens with one attached hydrogen (secondary N) is 3. The standard InChI is InChI=1S/C36H47N5O9S/c1-34(2,3)50-31(45)27(40-51(47,48)22-36-18-17-25(20-28(36)42)35(36,4)5)19-23-11-13-26(14-12-23)39-29(43)15-16-30(44)41(32(37)38)33(46)49-21-24-9-7-6-8-10-24/h6-14,25,27,40H,15-22H2,1-5H3,(H3,37,38)(H,39,43)/t25?,27-,36+/m0/s1. The molecule has 14 nitrogen and oxygen atoms in total. The number of benzene rings is 2. The highest BCUT2D eigenvalue weighted by Crippen LogP contribution is 2.64. The molecule has 51 heavy (non-hydrogen) atoms. The molecule has 0 heterocycles. The Morgan fingerprint density at radius 3 is 2.22 bits per heavy atom. The van der Waals surface area contributed by atoms with Gasteiger partial charge in [0, 0.05) is 30.4 Å². The summed E-state index contributed by atoms with van der Waals surface area (Å²) in [5.41, 5.74) is 4.65. The van der Waals surface area contributed by atoms with Crippen LogP contribution in [-0.2, 0) is 51.7 Å². The van der Waals surface area contributed by atoms with Crippen molar-refractivity contribution in [3.8, 4) is 0 Å². The van der Waals surface area contributed by atoms with Crippen LogP contribution in [0.5, 0.6) is 0 Å². The maximum Gasteiger partial charge on any atom is 0.423 e. The van der Waals surface area contributed by atoms with Gasteiger partial charge < -0.3 is 20.5 Å². The zero-order valence-electron chi connectivity index (χ0n) is 29.6. The number of carbonyl (C=O) groups excluding carboxylic acids is 5. The van der Waals surface area contributed by atoms with Gasteiger partial charge in [-0.3, -0.25) is 24.6 Å². The third kappa shape index (κ3) is 9.58. The molecule has 2 aromatic carbocycles. The molecule has 0 spiro atoms. The molecule has 3 atom stereocenters. The Kier molecular flexibility index (Phi) is 11.8. The third-order valence-electron chi connectivity index (χ3n) is 9.71. The quantitative estimate of drug-likeness (QED) is 0.132. The van der Waals surface area contributed by atoms with Crippen molar-refractivity contribution in [2.75, 3.05) is 11.1 Å². The number of rotatable bonds is 13. The van der Waals surface area contributed by atoms with Gasteiger partial charge in [-0.15, -0.1) is 0 Å². The molecule has 0 aromatic heterocycles. The van der Waals surface area contributed by atoms with Gasteiger partial charge in [0.15, 0.2) is 0 Å². The topological polar surface area (TPSA) is 215 Å². The molecule has 2 bridgehead atoms. The fraction of sp³-hybridized carbons (Fsp3) is 0.500. The molecule has 2 aliphatic carbocycles. The monoisotopic (exact) mass is 725 g/mol. The smallest absolute Gasteiger partial charge is 0.423 e. The largest absolute Gasteiger partial charge is 0.459 e. The zero-order chi connectivity index (χ0) is 37.8. The van der Waals surface area contributed by atoms with Gasteiger partial charge in [-0.25, -0.2) is 17.9 Å². The Bertz CT molecular complexity index is 1770. The van der Waals surface area contributed by atoms with Gasteiger partial charge in [-0.05, 0) is 74.6 Å². The van der Waals surface area contributed by atoms with Crippen molar-refractivity contribution >= 4 is 51.3 Å². The van der Waals surface area contributed by atoms with E-state index in [2.05, 4.69) is 10.0 Å². The Morgan fingerprint density at radius 2 is 1.67 bits per heavy atom. The summed E-state index contributed by atoms with van der Waals surface area (Å²) in [5.74, 6) is -3.40. The van der Waals surface area contributed by atoms with Crippen LogP contribution < -0.4 is 15.8 Å². The minimum atomic E-state index is -4.11. The second-order valence-electron chi connectivity index (χ2n) is 14.7. The van der Waals surface area contributed by atoms with Crippen molar-refractivity contribution in [3.63, 3.8) is 0 Å². The first kappa shape index (κ1) is 39.2. The number of ether oxygens (including phenoxy) is 2. The molecule has 0 aliphatic heterocycles. The second kappa shape index (κ2) is 15.3. The Labute approximate surface area is 298 Å². The van der Waals surface area contributed by atoms with Crippen molar-refractivity contribution in [2.24, 2.45) is 22.5 Å². The number of ketones is 1. The molecular weight excluding hydrogens is 678 g/mol. The first-order valence-electron chi connectivity index (χ1n) is 16.8. The lowest BCUT2D eigenvalue weighted by Crippen LogP contribution is -2.50. The SMILES string of the molecule is CC(C)(C)OC(=O)[C@H](Cc1ccc(NC(=O)CCC(=O)N(C(=N)N)C(=O)OCc2ccccc2)cc1)NS(=O)(=O)C[C@]12CCC(CC1=O)C2(C)C. The summed E-state index contributed by atoms with van der Waals surface area (Å²) in [6.45, 7) is 8.77. The van der Waals surface area contributed by atoms with E-state index in [-0.39, 0.29) is 31.1 Å². The van der Waals surface area contributed by atoms with Gasteiger partial charge in [0.2, 0.25) is 27.8 Å². The van der Waals surface area contributed by atoms with E-state index >= 15 is 0 Å². The molecule has 4 rings (SSSR count). The molecule has 2 fully saturated rings. The van der Waals surface area contributed by atoms with Crippen molar-refractivity contribution in [2.45, 2.75) is 91.4 Å². The van der Waals surface area contributed by atoms with Crippen LogP contribution >= 0.6 is 0 Å². The Hall–Kier alpha value is -4.63. The van der Waals surface area contributed by atoms with E-state index in [0.29, 0.717) is 34.6 Å². The lowest BCUT2D eigenvalue weighted by atomic mass is 9.70. The lowest BCUT2D eigenvalue weighted by Gasteiger charge is -2.36. The minimum absolute atomic E-state index is 0.0533. The molecule has 2 aliphatic rings. The number of imide groups is 1. The molecule has 2 aromatic rings. The number of nitrogens with two attached hydrogens (primary N) is 1. The molecule has 5 N–H and O–H groups in total. The number of amides is 3. The summed E-state index contributed by atoms with van der Waals surface area (Å²) in [6, 6.07) is 13.8. The number of guanidine groups is 1. The van der Waals surface area contributed by atoms with Gasteiger partial charge in [0.1, 0.15) is 24.0 Å². The van der Waals surface area contributed by atoms with Gasteiger partial charge in [0.25, 0.3) is 0 Å². The normalized spacial score (nSPS) is 19.9. The molecule has 1 unspecified atom stereocenters. The average molecular weight is 726 g/mol. The number of sulfonamides is 1. The van der Waals surface area contributed by atoms with E-state index in [9.17, 15) is 32.4 Å². The van der Waals surface area contributed by atoms with E-state index in [0.717, 1.165) is 6.42 Å². The van der Waals surface area contributed by atoms with Crippen LogP contribution in [0.1, 0.15) is 77.8 Å². The maximum atomic E-state index is 13.6. The molecule has 276 valence electrons. The molecule has 15 heteroatoms. The molecule has 0 radical (unpaired) electrons. The number of nitrogens with zero attached hydrogens (tertiary/aromatic N) is 1. The Morgan fingerprint density at radius 1 is 1.02 bits per heavy atom. The van der Waals surface area contributed by atoms with Crippen LogP contribution in [0.4, 0.5) is 10.5 Å². The fourth-order valence-corrected chi connectivity index (χ4v) is 8.89.